The molecule has 1 heterocycles. The van der Waals surface area contributed by atoms with Gasteiger partial charge in [0.15, 0.2) is 0 Å². The van der Waals surface area contributed by atoms with E-state index in [1.165, 1.54) is 0 Å². The number of nitrogens with one attached hydrogen (secondary N) is 1. The maximum absolute atomic E-state index is 11.9. The summed E-state index contributed by atoms with van der Waals surface area (Å²) in [7, 11) is 0. The Hall–Kier alpha value is -1.32. The average Bonchev–Trinajstić information content (AvgIpc) is 3.22. The van der Waals surface area contributed by atoms with Crippen LogP contribution in [-0.4, -0.2) is 36.3 Å². The van der Waals surface area contributed by atoms with Crippen molar-refractivity contribution in [1.82, 2.24) is 10.2 Å². The van der Waals surface area contributed by atoms with Crippen LogP contribution in [0.1, 0.15) is 32.1 Å². The molecule has 1 N–H and O–H groups in total. The number of likely N-dealkylation sites (tertiary alicyclic amines) is 1. The zero-order chi connectivity index (χ0) is 13.0. The summed E-state index contributed by atoms with van der Waals surface area (Å²) in [6, 6.07) is 0. The molecule has 0 atom stereocenters. The molecule has 0 bridgehead atoms. The number of nitrogens with zero attached hydrogens (tertiary/aromatic N) is 1. The largest absolute Gasteiger partial charge is 0.356 e. The van der Waals surface area contributed by atoms with E-state index in [2.05, 4.69) is 11.9 Å². The Morgan fingerprint density at radius 1 is 1.17 bits per heavy atom. The Kier molecular flexibility index (Phi) is 4.39. The van der Waals surface area contributed by atoms with Crippen molar-refractivity contribution >= 4 is 11.8 Å². The maximum Gasteiger partial charge on any atom is 0.225 e. The molecular weight excluding hydrogens is 228 g/mol. The summed E-state index contributed by atoms with van der Waals surface area (Å²) in [5, 5.41) is 2.92. The Morgan fingerprint density at radius 3 is 2.39 bits per heavy atom. The van der Waals surface area contributed by atoms with Gasteiger partial charge in [0, 0.05) is 31.5 Å². The van der Waals surface area contributed by atoms with Crippen molar-refractivity contribution < 1.29 is 9.59 Å². The van der Waals surface area contributed by atoms with Crippen LogP contribution in [0.3, 0.4) is 0 Å². The lowest BCUT2D eigenvalue weighted by molar-refractivity contribution is -0.136. The van der Waals surface area contributed by atoms with E-state index in [4.69, 9.17) is 0 Å². The Morgan fingerprint density at radius 2 is 1.83 bits per heavy atom. The third kappa shape index (κ3) is 3.34. The van der Waals surface area contributed by atoms with Crippen LogP contribution in [0, 0.1) is 11.8 Å². The second kappa shape index (κ2) is 6.03. The van der Waals surface area contributed by atoms with Gasteiger partial charge in [-0.2, -0.15) is 0 Å². The number of hydrogen-bond acceptors (Lipinski definition) is 2. The quantitative estimate of drug-likeness (QED) is 0.591. The minimum absolute atomic E-state index is 0.0815. The zero-order valence-electron chi connectivity index (χ0n) is 10.9. The van der Waals surface area contributed by atoms with Crippen LogP contribution in [-0.2, 0) is 9.59 Å². The molecule has 4 nitrogen and oxygen atoms in total. The van der Waals surface area contributed by atoms with Gasteiger partial charge in [-0.05, 0) is 32.1 Å². The number of amides is 2. The molecule has 2 rings (SSSR count). The summed E-state index contributed by atoms with van der Waals surface area (Å²) in [5.41, 5.74) is 0. The Balaban J connectivity index is 1.70. The van der Waals surface area contributed by atoms with Gasteiger partial charge in [0.1, 0.15) is 0 Å². The summed E-state index contributed by atoms with van der Waals surface area (Å²) in [4.78, 5) is 25.6. The second-order valence-electron chi connectivity index (χ2n) is 5.24. The lowest BCUT2D eigenvalue weighted by Crippen LogP contribution is -2.43. The molecule has 2 aliphatic rings. The van der Waals surface area contributed by atoms with Gasteiger partial charge in [-0.15, -0.1) is 6.58 Å². The van der Waals surface area contributed by atoms with Crippen LogP contribution in [0.15, 0.2) is 12.7 Å². The topological polar surface area (TPSA) is 49.4 Å². The van der Waals surface area contributed by atoms with E-state index < -0.39 is 0 Å². The standard InChI is InChI=1S/C14H22N2O2/c1-2-3-8-15-13(17)11-6-9-16(10-7-11)14(18)12-4-5-12/h2,11-12H,1,3-10H2,(H,15,17). The van der Waals surface area contributed by atoms with Gasteiger partial charge in [-0.3, -0.25) is 9.59 Å². The molecule has 0 unspecified atom stereocenters. The molecule has 0 spiro atoms. The van der Waals surface area contributed by atoms with Gasteiger partial charge in [0.05, 0.1) is 0 Å². The molecular formula is C14H22N2O2. The van der Waals surface area contributed by atoms with Gasteiger partial charge in [-0.1, -0.05) is 6.08 Å². The van der Waals surface area contributed by atoms with Gasteiger partial charge < -0.3 is 10.2 Å². The molecule has 0 aromatic rings. The van der Waals surface area contributed by atoms with Crippen molar-refractivity contribution in [2.75, 3.05) is 19.6 Å². The van der Waals surface area contributed by atoms with Gasteiger partial charge in [-0.25, -0.2) is 0 Å². The molecule has 2 fully saturated rings. The van der Waals surface area contributed by atoms with Crippen molar-refractivity contribution in [3.8, 4) is 0 Å². The van der Waals surface area contributed by atoms with E-state index in [-0.39, 0.29) is 11.8 Å². The first-order chi connectivity index (χ1) is 8.72. The van der Waals surface area contributed by atoms with Gasteiger partial charge in [0.2, 0.25) is 11.8 Å². The number of carbonyl (C=O) groups is 2. The number of rotatable bonds is 5. The zero-order valence-corrected chi connectivity index (χ0v) is 10.9. The highest BCUT2D eigenvalue weighted by molar-refractivity contribution is 5.82. The summed E-state index contributed by atoms with van der Waals surface area (Å²) < 4.78 is 0. The van der Waals surface area contributed by atoms with Gasteiger partial charge >= 0.3 is 0 Å². The first-order valence-electron chi connectivity index (χ1n) is 6.89. The van der Waals surface area contributed by atoms with E-state index >= 15 is 0 Å². The van der Waals surface area contributed by atoms with Crippen LogP contribution < -0.4 is 5.32 Å². The predicted octanol–water partition coefficient (Wildman–Crippen LogP) is 1.33. The molecule has 0 radical (unpaired) electrons. The van der Waals surface area contributed by atoms with Crippen molar-refractivity contribution in [1.29, 1.82) is 0 Å². The molecule has 18 heavy (non-hydrogen) atoms. The molecule has 2 amide bonds. The van der Waals surface area contributed by atoms with Crippen molar-refractivity contribution in [3.05, 3.63) is 12.7 Å². The average molecular weight is 250 g/mol. The van der Waals surface area contributed by atoms with E-state index in [0.717, 1.165) is 45.2 Å². The molecule has 0 aromatic carbocycles. The number of piperidine rings is 1. The molecule has 0 aromatic heterocycles. The van der Waals surface area contributed by atoms with Gasteiger partial charge in [0.25, 0.3) is 0 Å². The van der Waals surface area contributed by atoms with Crippen molar-refractivity contribution in [2.45, 2.75) is 32.1 Å². The summed E-state index contributed by atoms with van der Waals surface area (Å²) in [5.74, 6) is 0.817. The Bertz CT molecular complexity index is 329. The lowest BCUT2D eigenvalue weighted by Gasteiger charge is -2.31. The van der Waals surface area contributed by atoms with E-state index in [9.17, 15) is 9.59 Å². The normalized spacial score (nSPS) is 20.6. The highest BCUT2D eigenvalue weighted by Gasteiger charge is 2.35. The van der Waals surface area contributed by atoms with Crippen molar-refractivity contribution in [3.63, 3.8) is 0 Å². The maximum atomic E-state index is 11.9. The second-order valence-corrected chi connectivity index (χ2v) is 5.24. The fourth-order valence-electron chi connectivity index (χ4n) is 2.39. The van der Waals surface area contributed by atoms with E-state index in [1.807, 2.05) is 4.90 Å². The first kappa shape index (κ1) is 13.1. The minimum Gasteiger partial charge on any atom is -0.356 e. The third-order valence-electron chi connectivity index (χ3n) is 3.75. The first-order valence-corrected chi connectivity index (χ1v) is 6.89. The van der Waals surface area contributed by atoms with Crippen LogP contribution >= 0.6 is 0 Å². The monoisotopic (exact) mass is 250 g/mol. The molecule has 1 aliphatic carbocycles. The third-order valence-corrected chi connectivity index (χ3v) is 3.75. The highest BCUT2D eigenvalue weighted by Crippen LogP contribution is 2.32. The van der Waals surface area contributed by atoms with Crippen LogP contribution in [0.2, 0.25) is 0 Å². The summed E-state index contributed by atoms with van der Waals surface area (Å²) in [6.07, 6.45) is 6.33. The molecule has 1 saturated carbocycles. The van der Waals surface area contributed by atoms with Crippen LogP contribution in [0.5, 0.6) is 0 Å². The van der Waals surface area contributed by atoms with Crippen molar-refractivity contribution in [2.24, 2.45) is 11.8 Å². The smallest absolute Gasteiger partial charge is 0.225 e. The van der Waals surface area contributed by atoms with Crippen LogP contribution in [0.25, 0.3) is 0 Å². The van der Waals surface area contributed by atoms with E-state index in [0.29, 0.717) is 18.4 Å². The summed E-state index contributed by atoms with van der Waals surface area (Å²) >= 11 is 0. The predicted molar refractivity (Wildman–Crippen MR) is 69.9 cm³/mol. The molecule has 1 saturated heterocycles. The molecule has 4 heteroatoms. The van der Waals surface area contributed by atoms with Crippen LogP contribution in [0.4, 0.5) is 0 Å². The number of carbonyl (C=O) groups excluding carboxylic acids is 2. The SMILES string of the molecule is C=CCCNC(=O)C1CCN(C(=O)C2CC2)CC1. The van der Waals surface area contributed by atoms with E-state index in [1.54, 1.807) is 6.08 Å². The minimum atomic E-state index is 0.0815. The Labute approximate surface area is 108 Å². The lowest BCUT2D eigenvalue weighted by atomic mass is 9.95. The fourth-order valence-corrected chi connectivity index (χ4v) is 2.39. The molecule has 100 valence electrons. The highest BCUT2D eigenvalue weighted by atomic mass is 16.2. The number of hydrogen-bond donors (Lipinski definition) is 1. The molecule has 1 aliphatic heterocycles. The summed E-state index contributed by atoms with van der Waals surface area (Å²) in [6.45, 7) is 5.79. The fraction of sp³-hybridized carbons (Fsp3) is 0.714.